The van der Waals surface area contributed by atoms with E-state index in [1.165, 1.54) is 0 Å². The van der Waals surface area contributed by atoms with Gasteiger partial charge in [-0.2, -0.15) is 0 Å². The number of aliphatic hydroxyl groups is 2. The standard InChI is InChI=1S/C11H17ClN2O2/c1-6-4-8(13)9(14)5-7(6)11(16)10(15)2-3-12/h4-5,10-11,15-16H,2-3,13-14H2,1H3. The van der Waals surface area contributed by atoms with E-state index < -0.39 is 12.2 Å². The Morgan fingerprint density at radius 1 is 1.25 bits per heavy atom. The molecular weight excluding hydrogens is 228 g/mol. The van der Waals surface area contributed by atoms with E-state index >= 15 is 0 Å². The lowest BCUT2D eigenvalue weighted by Gasteiger charge is -2.20. The number of benzene rings is 1. The molecule has 2 unspecified atom stereocenters. The number of nitrogen functional groups attached to an aromatic ring is 2. The van der Waals surface area contributed by atoms with Crippen molar-refractivity contribution in [3.8, 4) is 0 Å². The van der Waals surface area contributed by atoms with Gasteiger partial charge in [0.1, 0.15) is 6.10 Å². The highest BCUT2D eigenvalue weighted by Gasteiger charge is 2.20. The lowest BCUT2D eigenvalue weighted by molar-refractivity contribution is 0.0167. The fraction of sp³-hybridized carbons (Fsp3) is 0.455. The summed E-state index contributed by atoms with van der Waals surface area (Å²) in [5, 5.41) is 19.6. The van der Waals surface area contributed by atoms with Gasteiger partial charge in [-0.15, -0.1) is 11.6 Å². The van der Waals surface area contributed by atoms with Crippen molar-refractivity contribution in [2.75, 3.05) is 17.3 Å². The highest BCUT2D eigenvalue weighted by molar-refractivity contribution is 6.17. The van der Waals surface area contributed by atoms with Gasteiger partial charge >= 0.3 is 0 Å². The second-order valence-corrected chi connectivity index (χ2v) is 4.21. The van der Waals surface area contributed by atoms with E-state index in [0.717, 1.165) is 5.56 Å². The van der Waals surface area contributed by atoms with Crippen LogP contribution in [0.4, 0.5) is 11.4 Å². The van der Waals surface area contributed by atoms with Crippen LogP contribution >= 0.6 is 11.6 Å². The average Bonchev–Trinajstić information content (AvgIpc) is 2.23. The molecule has 0 amide bonds. The Labute approximate surface area is 99.8 Å². The first kappa shape index (κ1) is 13.1. The molecule has 90 valence electrons. The van der Waals surface area contributed by atoms with E-state index in [9.17, 15) is 10.2 Å². The number of aliphatic hydroxyl groups excluding tert-OH is 2. The van der Waals surface area contributed by atoms with E-state index in [4.69, 9.17) is 23.1 Å². The first-order chi connectivity index (χ1) is 7.47. The monoisotopic (exact) mass is 244 g/mol. The van der Waals surface area contributed by atoms with Gasteiger partial charge in [-0.05, 0) is 36.6 Å². The third-order valence-corrected chi connectivity index (χ3v) is 2.78. The number of rotatable bonds is 4. The van der Waals surface area contributed by atoms with Gasteiger partial charge in [-0.25, -0.2) is 0 Å². The van der Waals surface area contributed by atoms with Crippen molar-refractivity contribution in [1.82, 2.24) is 0 Å². The summed E-state index contributed by atoms with van der Waals surface area (Å²) in [5.41, 5.74) is 13.6. The van der Waals surface area contributed by atoms with Gasteiger partial charge in [0, 0.05) is 5.88 Å². The largest absolute Gasteiger partial charge is 0.397 e. The molecule has 0 radical (unpaired) electrons. The van der Waals surface area contributed by atoms with Crippen LogP contribution in [0.15, 0.2) is 12.1 Å². The molecule has 0 saturated carbocycles. The number of nitrogens with two attached hydrogens (primary N) is 2. The molecule has 4 nitrogen and oxygen atoms in total. The topological polar surface area (TPSA) is 92.5 Å². The Bertz CT molecular complexity index is 371. The SMILES string of the molecule is Cc1cc(N)c(N)cc1C(O)C(O)CCCl. The van der Waals surface area contributed by atoms with Crippen LogP contribution in [0, 0.1) is 6.92 Å². The van der Waals surface area contributed by atoms with Gasteiger partial charge in [0.2, 0.25) is 0 Å². The summed E-state index contributed by atoms with van der Waals surface area (Å²) in [6.45, 7) is 1.81. The summed E-state index contributed by atoms with van der Waals surface area (Å²) in [7, 11) is 0. The van der Waals surface area contributed by atoms with Crippen LogP contribution in [0.1, 0.15) is 23.7 Å². The number of halogens is 1. The summed E-state index contributed by atoms with van der Waals surface area (Å²) in [6.07, 6.45) is -1.55. The molecule has 1 aromatic carbocycles. The average molecular weight is 245 g/mol. The van der Waals surface area contributed by atoms with Crippen LogP contribution in [0.2, 0.25) is 0 Å². The minimum Gasteiger partial charge on any atom is -0.397 e. The van der Waals surface area contributed by atoms with E-state index in [1.807, 2.05) is 6.92 Å². The molecule has 2 atom stereocenters. The van der Waals surface area contributed by atoms with Crippen LogP contribution in [-0.4, -0.2) is 22.2 Å². The third-order valence-electron chi connectivity index (χ3n) is 2.56. The van der Waals surface area contributed by atoms with E-state index in [1.54, 1.807) is 12.1 Å². The molecule has 0 spiro atoms. The summed E-state index contributed by atoms with van der Waals surface area (Å²) in [6, 6.07) is 3.27. The quantitative estimate of drug-likeness (QED) is 0.473. The molecule has 5 heteroatoms. The van der Waals surface area contributed by atoms with Crippen molar-refractivity contribution >= 4 is 23.0 Å². The van der Waals surface area contributed by atoms with Crippen LogP contribution in [0.3, 0.4) is 0 Å². The van der Waals surface area contributed by atoms with Gasteiger partial charge in [-0.3, -0.25) is 0 Å². The summed E-state index contributed by atoms with van der Waals surface area (Å²) >= 11 is 5.51. The number of hydrogen-bond acceptors (Lipinski definition) is 4. The predicted octanol–water partition coefficient (Wildman–Crippen LogP) is 1.18. The van der Waals surface area contributed by atoms with Gasteiger partial charge < -0.3 is 21.7 Å². The Kier molecular flexibility index (Phi) is 4.41. The fourth-order valence-corrected chi connectivity index (χ4v) is 1.78. The van der Waals surface area contributed by atoms with Gasteiger partial charge in [0.15, 0.2) is 0 Å². The van der Waals surface area contributed by atoms with E-state index in [-0.39, 0.29) is 0 Å². The van der Waals surface area contributed by atoms with Gasteiger partial charge in [-0.1, -0.05) is 0 Å². The molecule has 1 aromatic rings. The van der Waals surface area contributed by atoms with Crippen molar-refractivity contribution in [3.63, 3.8) is 0 Å². The Balaban J connectivity index is 2.99. The highest BCUT2D eigenvalue weighted by atomic mass is 35.5. The Morgan fingerprint density at radius 2 is 1.81 bits per heavy atom. The minimum atomic E-state index is -0.985. The van der Waals surface area contributed by atoms with Crippen molar-refractivity contribution in [2.24, 2.45) is 0 Å². The minimum absolute atomic E-state index is 0.293. The fourth-order valence-electron chi connectivity index (χ4n) is 1.56. The lowest BCUT2D eigenvalue weighted by Crippen LogP contribution is -2.20. The van der Waals surface area contributed by atoms with Crippen LogP contribution in [-0.2, 0) is 0 Å². The van der Waals surface area contributed by atoms with Crippen molar-refractivity contribution in [1.29, 1.82) is 0 Å². The first-order valence-corrected chi connectivity index (χ1v) is 5.58. The highest BCUT2D eigenvalue weighted by Crippen LogP contribution is 2.28. The molecule has 16 heavy (non-hydrogen) atoms. The molecule has 6 N–H and O–H groups in total. The second-order valence-electron chi connectivity index (χ2n) is 3.83. The number of aryl methyl sites for hydroxylation is 1. The molecule has 0 bridgehead atoms. The van der Waals surface area contributed by atoms with E-state index in [0.29, 0.717) is 29.2 Å². The molecule has 0 heterocycles. The normalized spacial score (nSPS) is 14.8. The summed E-state index contributed by atoms with van der Waals surface area (Å²) < 4.78 is 0. The molecule has 0 saturated heterocycles. The molecule has 1 rings (SSSR count). The first-order valence-electron chi connectivity index (χ1n) is 5.05. The molecular formula is C11H17ClN2O2. The molecule has 0 fully saturated rings. The zero-order valence-corrected chi connectivity index (χ0v) is 9.91. The van der Waals surface area contributed by atoms with Gasteiger partial charge in [0.25, 0.3) is 0 Å². The number of anilines is 2. The van der Waals surface area contributed by atoms with Crippen LogP contribution in [0.25, 0.3) is 0 Å². The number of alkyl halides is 1. The third kappa shape index (κ3) is 2.78. The number of hydrogen-bond donors (Lipinski definition) is 4. The summed E-state index contributed by atoms with van der Waals surface area (Å²) in [4.78, 5) is 0. The Morgan fingerprint density at radius 3 is 2.38 bits per heavy atom. The molecule has 0 aliphatic heterocycles. The maximum atomic E-state index is 9.91. The van der Waals surface area contributed by atoms with Crippen molar-refractivity contribution < 1.29 is 10.2 Å². The van der Waals surface area contributed by atoms with E-state index in [2.05, 4.69) is 0 Å². The van der Waals surface area contributed by atoms with Crippen molar-refractivity contribution in [2.45, 2.75) is 25.6 Å². The van der Waals surface area contributed by atoms with Crippen LogP contribution < -0.4 is 11.5 Å². The van der Waals surface area contributed by atoms with Crippen LogP contribution in [0.5, 0.6) is 0 Å². The lowest BCUT2D eigenvalue weighted by atomic mass is 9.97. The summed E-state index contributed by atoms with van der Waals surface area (Å²) in [5.74, 6) is 0.293. The zero-order valence-electron chi connectivity index (χ0n) is 9.15. The molecule has 0 aromatic heterocycles. The smallest absolute Gasteiger partial charge is 0.105 e. The molecule has 0 aliphatic rings. The van der Waals surface area contributed by atoms with Crippen molar-refractivity contribution in [3.05, 3.63) is 23.3 Å². The predicted molar refractivity (Wildman–Crippen MR) is 66.3 cm³/mol. The molecule has 0 aliphatic carbocycles. The maximum absolute atomic E-state index is 9.91. The Hall–Kier alpha value is -0.970. The zero-order chi connectivity index (χ0) is 12.3. The van der Waals surface area contributed by atoms with Gasteiger partial charge in [0.05, 0.1) is 17.5 Å². The second kappa shape index (κ2) is 5.39. The maximum Gasteiger partial charge on any atom is 0.105 e.